The van der Waals surface area contributed by atoms with Crippen molar-refractivity contribution in [2.75, 3.05) is 0 Å². The third-order valence-corrected chi connectivity index (χ3v) is 3.50. The van der Waals surface area contributed by atoms with E-state index in [1.807, 2.05) is 18.2 Å². The van der Waals surface area contributed by atoms with Crippen molar-refractivity contribution in [3.8, 4) is 0 Å². The Kier molecular flexibility index (Phi) is 5.37. The first-order chi connectivity index (χ1) is 7.90. The summed E-state index contributed by atoms with van der Waals surface area (Å²) in [6.45, 7) is 1.57. The second kappa shape index (κ2) is 6.34. The van der Waals surface area contributed by atoms with Crippen molar-refractivity contribution in [1.29, 1.82) is 0 Å². The van der Waals surface area contributed by atoms with E-state index in [0.29, 0.717) is 5.57 Å². The molecule has 0 aliphatic heterocycles. The minimum atomic E-state index is -1.10. The third kappa shape index (κ3) is 4.62. The summed E-state index contributed by atoms with van der Waals surface area (Å²) in [5.74, 6) is -0.729. The van der Waals surface area contributed by atoms with Crippen LogP contribution in [0, 0.1) is 7.14 Å². The molecule has 0 aliphatic carbocycles. The molecule has 0 bridgehead atoms. The molecule has 1 amide bonds. The van der Waals surface area contributed by atoms with Gasteiger partial charge >= 0.3 is 12.1 Å². The van der Waals surface area contributed by atoms with Crippen molar-refractivity contribution in [2.24, 2.45) is 5.73 Å². The molecule has 90 valence electrons. The maximum Gasteiger partial charge on any atom is 0.412 e. The molecule has 4 nitrogen and oxygen atoms in total. The van der Waals surface area contributed by atoms with Crippen LogP contribution in [0.25, 0.3) is 6.08 Å². The standard InChI is InChI=1S/C11H9I2NO3/c1-6(10(15)17-11(14)16)4-7-5-8(12)2-3-9(7)13/h2-5H,1H3,(H2,14,16). The van der Waals surface area contributed by atoms with Gasteiger partial charge in [-0.3, -0.25) is 0 Å². The fourth-order valence-corrected chi connectivity index (χ4v) is 2.10. The molecule has 0 aliphatic rings. The summed E-state index contributed by atoms with van der Waals surface area (Å²) in [5.41, 5.74) is 5.99. The van der Waals surface area contributed by atoms with Gasteiger partial charge in [-0.2, -0.15) is 0 Å². The van der Waals surface area contributed by atoms with Crippen LogP contribution in [0.2, 0.25) is 0 Å². The van der Waals surface area contributed by atoms with Gasteiger partial charge in [-0.15, -0.1) is 0 Å². The summed E-state index contributed by atoms with van der Waals surface area (Å²) < 4.78 is 6.35. The van der Waals surface area contributed by atoms with Gasteiger partial charge in [0.05, 0.1) is 0 Å². The van der Waals surface area contributed by atoms with Crippen LogP contribution in [0.5, 0.6) is 0 Å². The number of amides is 1. The van der Waals surface area contributed by atoms with E-state index in [0.717, 1.165) is 12.7 Å². The first kappa shape index (κ1) is 14.4. The number of benzene rings is 1. The van der Waals surface area contributed by atoms with E-state index in [1.165, 1.54) is 0 Å². The highest BCUT2D eigenvalue weighted by Gasteiger charge is 2.10. The maximum atomic E-state index is 11.4. The Bertz CT molecular complexity index is 497. The first-order valence-electron chi connectivity index (χ1n) is 4.55. The van der Waals surface area contributed by atoms with E-state index in [1.54, 1.807) is 13.0 Å². The Hall–Kier alpha value is -0.640. The Balaban J connectivity index is 2.98. The topological polar surface area (TPSA) is 69.4 Å². The lowest BCUT2D eigenvalue weighted by atomic mass is 10.1. The second-order valence-electron chi connectivity index (χ2n) is 3.20. The molecule has 0 unspecified atom stereocenters. The lowest BCUT2D eigenvalue weighted by Gasteiger charge is -2.02. The molecule has 0 atom stereocenters. The number of esters is 1. The molecular weight excluding hydrogens is 448 g/mol. The van der Waals surface area contributed by atoms with Gasteiger partial charge in [0.2, 0.25) is 0 Å². The summed E-state index contributed by atoms with van der Waals surface area (Å²) in [7, 11) is 0. The number of hydrogen-bond acceptors (Lipinski definition) is 3. The van der Waals surface area contributed by atoms with Gasteiger partial charge in [0.25, 0.3) is 0 Å². The minimum Gasteiger partial charge on any atom is -0.373 e. The fourth-order valence-electron chi connectivity index (χ4n) is 1.09. The van der Waals surface area contributed by atoms with Crippen molar-refractivity contribution in [2.45, 2.75) is 6.92 Å². The van der Waals surface area contributed by atoms with E-state index < -0.39 is 12.1 Å². The van der Waals surface area contributed by atoms with E-state index >= 15 is 0 Å². The summed E-state index contributed by atoms with van der Waals surface area (Å²) >= 11 is 4.35. The molecular formula is C11H9I2NO3. The maximum absolute atomic E-state index is 11.4. The van der Waals surface area contributed by atoms with Crippen molar-refractivity contribution in [1.82, 2.24) is 0 Å². The highest BCUT2D eigenvalue weighted by Crippen LogP contribution is 2.19. The van der Waals surface area contributed by atoms with Crippen LogP contribution >= 0.6 is 45.2 Å². The van der Waals surface area contributed by atoms with E-state index in [4.69, 9.17) is 5.73 Å². The quantitative estimate of drug-likeness (QED) is 0.322. The van der Waals surface area contributed by atoms with Crippen molar-refractivity contribution in [3.63, 3.8) is 0 Å². The lowest BCUT2D eigenvalue weighted by molar-refractivity contribution is -0.132. The Morgan fingerprint density at radius 1 is 1.35 bits per heavy atom. The largest absolute Gasteiger partial charge is 0.412 e. The van der Waals surface area contributed by atoms with Crippen LogP contribution in [-0.2, 0) is 9.53 Å². The fraction of sp³-hybridized carbons (Fsp3) is 0.0909. The molecule has 1 rings (SSSR count). The average molecular weight is 457 g/mol. The third-order valence-electron chi connectivity index (χ3n) is 1.85. The Morgan fingerprint density at radius 3 is 2.59 bits per heavy atom. The van der Waals surface area contributed by atoms with Crippen LogP contribution in [0.4, 0.5) is 4.79 Å². The normalized spacial score (nSPS) is 11.1. The number of halogens is 2. The van der Waals surface area contributed by atoms with E-state index in [9.17, 15) is 9.59 Å². The number of primary amides is 1. The number of rotatable bonds is 2. The van der Waals surface area contributed by atoms with Crippen LogP contribution < -0.4 is 5.73 Å². The van der Waals surface area contributed by atoms with Gasteiger partial charge in [0.1, 0.15) is 0 Å². The predicted octanol–water partition coefficient (Wildman–Crippen LogP) is 2.92. The van der Waals surface area contributed by atoms with Gasteiger partial charge in [-0.25, -0.2) is 9.59 Å². The molecule has 0 saturated carbocycles. The summed E-state index contributed by atoms with van der Waals surface area (Å²) in [6.07, 6.45) is 0.565. The predicted molar refractivity (Wildman–Crippen MR) is 81.2 cm³/mol. The molecule has 0 radical (unpaired) electrons. The van der Waals surface area contributed by atoms with Gasteiger partial charge in [-0.1, -0.05) is 0 Å². The zero-order valence-electron chi connectivity index (χ0n) is 8.87. The smallest absolute Gasteiger partial charge is 0.373 e. The molecule has 1 aromatic carbocycles. The van der Waals surface area contributed by atoms with Crippen LogP contribution in [0.3, 0.4) is 0 Å². The highest BCUT2D eigenvalue weighted by atomic mass is 127. The first-order valence-corrected chi connectivity index (χ1v) is 6.71. The number of carbonyl (C=O) groups is 2. The summed E-state index contributed by atoms with van der Waals surface area (Å²) in [6, 6.07) is 5.85. The Labute approximate surface area is 126 Å². The number of nitrogens with two attached hydrogens (primary N) is 1. The van der Waals surface area contributed by atoms with Crippen LogP contribution in [0.15, 0.2) is 23.8 Å². The molecule has 0 spiro atoms. The van der Waals surface area contributed by atoms with E-state index in [-0.39, 0.29) is 0 Å². The summed E-state index contributed by atoms with van der Waals surface area (Å²) in [5, 5.41) is 0. The SMILES string of the molecule is CC(=Cc1cc(I)ccc1I)C(=O)OC(N)=O. The number of ether oxygens (including phenoxy) is 1. The molecule has 0 saturated heterocycles. The zero-order chi connectivity index (χ0) is 13.0. The molecule has 2 N–H and O–H groups in total. The summed E-state index contributed by atoms with van der Waals surface area (Å²) in [4.78, 5) is 21.8. The number of carbonyl (C=O) groups excluding carboxylic acids is 2. The molecule has 6 heteroatoms. The van der Waals surface area contributed by atoms with Gasteiger partial charge in [-0.05, 0) is 81.9 Å². The number of hydrogen-bond donors (Lipinski definition) is 1. The van der Waals surface area contributed by atoms with Crippen LogP contribution in [-0.4, -0.2) is 12.1 Å². The van der Waals surface area contributed by atoms with Crippen molar-refractivity contribution < 1.29 is 14.3 Å². The molecule has 0 fully saturated rings. The van der Waals surface area contributed by atoms with Gasteiger partial charge in [0.15, 0.2) is 0 Å². The van der Waals surface area contributed by atoms with Crippen molar-refractivity contribution in [3.05, 3.63) is 36.5 Å². The zero-order valence-corrected chi connectivity index (χ0v) is 13.2. The van der Waals surface area contributed by atoms with E-state index in [2.05, 4.69) is 49.9 Å². The monoisotopic (exact) mass is 457 g/mol. The molecule has 0 heterocycles. The minimum absolute atomic E-state index is 0.323. The van der Waals surface area contributed by atoms with Crippen LogP contribution in [0.1, 0.15) is 12.5 Å². The molecule has 0 aromatic heterocycles. The molecule has 1 aromatic rings. The average Bonchev–Trinajstić information content (AvgIpc) is 2.22. The van der Waals surface area contributed by atoms with Gasteiger partial charge in [0, 0.05) is 12.7 Å². The highest BCUT2D eigenvalue weighted by molar-refractivity contribution is 14.1. The molecule has 17 heavy (non-hydrogen) atoms. The Morgan fingerprint density at radius 2 is 2.00 bits per heavy atom. The second-order valence-corrected chi connectivity index (χ2v) is 5.61. The van der Waals surface area contributed by atoms with Crippen molar-refractivity contribution >= 4 is 63.3 Å². The van der Waals surface area contributed by atoms with Gasteiger partial charge < -0.3 is 10.5 Å². The lowest BCUT2D eigenvalue weighted by Crippen LogP contribution is -2.18.